The lowest BCUT2D eigenvalue weighted by molar-refractivity contribution is -0.111. The summed E-state index contributed by atoms with van der Waals surface area (Å²) in [5.74, 6) is 0.595. The number of allylic oxidation sites excluding steroid dienone is 1. The number of aromatic hydroxyl groups is 1. The van der Waals surface area contributed by atoms with Gasteiger partial charge < -0.3 is 19.9 Å². The van der Waals surface area contributed by atoms with E-state index in [9.17, 15) is 9.90 Å². The van der Waals surface area contributed by atoms with Crippen molar-refractivity contribution >= 4 is 22.7 Å². The summed E-state index contributed by atoms with van der Waals surface area (Å²) in [7, 11) is 1.57. The average molecular weight is 403 g/mol. The van der Waals surface area contributed by atoms with E-state index >= 15 is 0 Å². The van der Waals surface area contributed by atoms with Crippen LogP contribution in [0.25, 0.3) is 11.1 Å². The highest BCUT2D eigenvalue weighted by Crippen LogP contribution is 2.31. The molecule has 0 aliphatic heterocycles. The molecule has 0 bridgehead atoms. The Morgan fingerprint density at radius 2 is 1.57 bits per heavy atom. The lowest BCUT2D eigenvalue weighted by atomic mass is 9.92. The summed E-state index contributed by atoms with van der Waals surface area (Å²) in [6.07, 6.45) is 0.685. The Morgan fingerprint density at radius 3 is 2.17 bits per heavy atom. The van der Waals surface area contributed by atoms with Crippen molar-refractivity contribution in [3.05, 3.63) is 90.0 Å². The molecule has 5 heteroatoms. The van der Waals surface area contributed by atoms with Gasteiger partial charge in [-0.05, 0) is 59.5 Å². The molecule has 0 aliphatic carbocycles. The molecule has 0 atom stereocenters. The van der Waals surface area contributed by atoms with Gasteiger partial charge in [0.05, 0.1) is 5.57 Å². The maximum Gasteiger partial charge on any atom is 0.256 e. The standard InChI is InChI=1S/C25H25NO4/c1-3-23(18-7-5-4-6-8-18)24(19-9-15-22(16-10-19)30-17-29-2)25(28)26-20-11-13-21(27)14-12-20/h4-16,27H,3,17H2,1-2H3,(H,26,28)/b24-23+. The molecule has 5 nitrogen and oxygen atoms in total. The second kappa shape index (κ2) is 10.3. The van der Waals surface area contributed by atoms with E-state index in [1.165, 1.54) is 0 Å². The van der Waals surface area contributed by atoms with E-state index in [1.54, 1.807) is 31.4 Å². The summed E-state index contributed by atoms with van der Waals surface area (Å²) in [6.45, 7) is 2.19. The maximum absolute atomic E-state index is 13.3. The van der Waals surface area contributed by atoms with Crippen molar-refractivity contribution in [3.63, 3.8) is 0 Å². The summed E-state index contributed by atoms with van der Waals surface area (Å²) in [6, 6.07) is 23.7. The highest BCUT2D eigenvalue weighted by Gasteiger charge is 2.18. The number of benzene rings is 3. The van der Waals surface area contributed by atoms with Crippen LogP contribution in [-0.2, 0) is 9.53 Å². The molecule has 0 unspecified atom stereocenters. The highest BCUT2D eigenvalue weighted by molar-refractivity contribution is 6.31. The predicted molar refractivity (Wildman–Crippen MR) is 119 cm³/mol. The van der Waals surface area contributed by atoms with Crippen LogP contribution >= 0.6 is 0 Å². The van der Waals surface area contributed by atoms with Crippen LogP contribution in [0.1, 0.15) is 24.5 Å². The Kier molecular flexibility index (Phi) is 7.24. The fraction of sp³-hybridized carbons (Fsp3) is 0.160. The van der Waals surface area contributed by atoms with E-state index in [2.05, 4.69) is 5.32 Å². The first-order chi connectivity index (χ1) is 14.6. The van der Waals surface area contributed by atoms with Gasteiger partial charge in [-0.25, -0.2) is 0 Å². The quantitative estimate of drug-likeness (QED) is 0.231. The lowest BCUT2D eigenvalue weighted by Gasteiger charge is -2.16. The van der Waals surface area contributed by atoms with Gasteiger partial charge in [-0.2, -0.15) is 0 Å². The number of phenols is 1. The van der Waals surface area contributed by atoms with Gasteiger partial charge >= 0.3 is 0 Å². The number of phenolic OH excluding ortho intramolecular Hbond substituents is 1. The first kappa shape index (κ1) is 21.1. The molecule has 3 aromatic rings. The van der Waals surface area contributed by atoms with Crippen LogP contribution in [0.3, 0.4) is 0 Å². The molecule has 30 heavy (non-hydrogen) atoms. The third kappa shape index (κ3) is 5.27. The molecule has 3 aromatic carbocycles. The summed E-state index contributed by atoms with van der Waals surface area (Å²) >= 11 is 0. The molecule has 154 valence electrons. The van der Waals surface area contributed by atoms with E-state index in [1.807, 2.05) is 61.5 Å². The van der Waals surface area contributed by atoms with E-state index in [0.29, 0.717) is 23.4 Å². The molecule has 3 rings (SSSR count). The summed E-state index contributed by atoms with van der Waals surface area (Å²) < 4.78 is 10.4. The van der Waals surface area contributed by atoms with Crippen LogP contribution in [-0.4, -0.2) is 24.9 Å². The molecular weight excluding hydrogens is 378 g/mol. The van der Waals surface area contributed by atoms with Crippen LogP contribution in [0.5, 0.6) is 11.5 Å². The number of rotatable bonds is 8. The minimum absolute atomic E-state index is 0.147. The third-order valence-electron chi connectivity index (χ3n) is 4.62. The fourth-order valence-corrected chi connectivity index (χ4v) is 3.19. The molecule has 0 heterocycles. The highest BCUT2D eigenvalue weighted by atomic mass is 16.7. The van der Waals surface area contributed by atoms with Crippen molar-refractivity contribution in [2.24, 2.45) is 0 Å². The molecule has 0 spiro atoms. The van der Waals surface area contributed by atoms with Gasteiger partial charge in [-0.1, -0.05) is 49.4 Å². The summed E-state index contributed by atoms with van der Waals surface area (Å²) in [4.78, 5) is 13.3. The van der Waals surface area contributed by atoms with Crippen molar-refractivity contribution < 1.29 is 19.4 Å². The Morgan fingerprint density at radius 1 is 0.900 bits per heavy atom. The Labute approximate surface area is 176 Å². The summed E-state index contributed by atoms with van der Waals surface area (Å²) in [5.41, 5.74) is 3.93. The van der Waals surface area contributed by atoms with E-state index in [4.69, 9.17) is 9.47 Å². The Bertz CT molecular complexity index is 994. The number of carbonyl (C=O) groups excluding carboxylic acids is 1. The topological polar surface area (TPSA) is 67.8 Å². The molecule has 0 fully saturated rings. The van der Waals surface area contributed by atoms with Crippen molar-refractivity contribution in [2.45, 2.75) is 13.3 Å². The average Bonchev–Trinajstić information content (AvgIpc) is 2.78. The Balaban J connectivity index is 2.02. The van der Waals surface area contributed by atoms with Gasteiger partial charge in [0.2, 0.25) is 0 Å². The normalized spacial score (nSPS) is 11.5. The number of hydrogen-bond acceptors (Lipinski definition) is 4. The molecule has 0 aromatic heterocycles. The first-order valence-corrected chi connectivity index (χ1v) is 9.73. The van der Waals surface area contributed by atoms with Crippen molar-refractivity contribution in [2.75, 3.05) is 19.2 Å². The largest absolute Gasteiger partial charge is 0.508 e. The molecule has 2 N–H and O–H groups in total. The number of amides is 1. The van der Waals surface area contributed by atoms with Crippen LogP contribution in [0.4, 0.5) is 5.69 Å². The zero-order valence-corrected chi connectivity index (χ0v) is 17.1. The lowest BCUT2D eigenvalue weighted by Crippen LogP contribution is -2.15. The van der Waals surface area contributed by atoms with Gasteiger partial charge in [0.15, 0.2) is 6.79 Å². The SMILES string of the molecule is CC/C(=C(\C(=O)Nc1ccc(O)cc1)c1ccc(OCOC)cc1)c1ccccc1. The van der Waals surface area contributed by atoms with E-state index in [0.717, 1.165) is 16.7 Å². The van der Waals surface area contributed by atoms with E-state index in [-0.39, 0.29) is 18.4 Å². The Hall–Kier alpha value is -3.57. The number of anilines is 1. The minimum atomic E-state index is -0.216. The molecular formula is C25H25NO4. The van der Waals surface area contributed by atoms with Gasteiger partial charge in [0.25, 0.3) is 5.91 Å². The van der Waals surface area contributed by atoms with Crippen LogP contribution in [0, 0.1) is 0 Å². The third-order valence-corrected chi connectivity index (χ3v) is 4.62. The fourth-order valence-electron chi connectivity index (χ4n) is 3.19. The number of hydrogen-bond donors (Lipinski definition) is 2. The van der Waals surface area contributed by atoms with Gasteiger partial charge in [0, 0.05) is 12.8 Å². The molecule has 1 amide bonds. The monoisotopic (exact) mass is 403 g/mol. The smallest absolute Gasteiger partial charge is 0.256 e. The number of methoxy groups -OCH3 is 1. The second-order valence-electron chi connectivity index (χ2n) is 6.65. The minimum Gasteiger partial charge on any atom is -0.508 e. The molecule has 0 radical (unpaired) electrons. The van der Waals surface area contributed by atoms with Crippen molar-refractivity contribution in [3.8, 4) is 11.5 Å². The van der Waals surface area contributed by atoms with Crippen LogP contribution in [0.15, 0.2) is 78.9 Å². The van der Waals surface area contributed by atoms with E-state index < -0.39 is 0 Å². The van der Waals surface area contributed by atoms with Crippen molar-refractivity contribution in [1.82, 2.24) is 0 Å². The zero-order chi connectivity index (χ0) is 21.3. The molecule has 0 saturated carbocycles. The number of ether oxygens (including phenoxy) is 2. The summed E-state index contributed by atoms with van der Waals surface area (Å²) in [5, 5.41) is 12.4. The maximum atomic E-state index is 13.3. The predicted octanol–water partition coefficient (Wildman–Crippen LogP) is 5.33. The number of nitrogens with one attached hydrogen (secondary N) is 1. The van der Waals surface area contributed by atoms with Gasteiger partial charge in [0.1, 0.15) is 11.5 Å². The number of carbonyl (C=O) groups is 1. The van der Waals surface area contributed by atoms with Crippen molar-refractivity contribution in [1.29, 1.82) is 0 Å². The zero-order valence-electron chi connectivity index (χ0n) is 17.1. The molecule has 0 aliphatic rings. The van der Waals surface area contributed by atoms with Gasteiger partial charge in [-0.15, -0.1) is 0 Å². The second-order valence-corrected chi connectivity index (χ2v) is 6.65. The van der Waals surface area contributed by atoms with Gasteiger partial charge in [-0.3, -0.25) is 4.79 Å². The molecule has 0 saturated heterocycles. The first-order valence-electron chi connectivity index (χ1n) is 9.73. The van der Waals surface area contributed by atoms with Crippen LogP contribution in [0.2, 0.25) is 0 Å². The van der Waals surface area contributed by atoms with Crippen LogP contribution < -0.4 is 10.1 Å².